The quantitative estimate of drug-likeness (QED) is 0.841. The Balaban J connectivity index is 1.45. The molecule has 3 heteroatoms. The van der Waals surface area contributed by atoms with Crippen LogP contribution < -0.4 is 0 Å². The smallest absolute Gasteiger partial charge is 0.158 e. The van der Waals surface area contributed by atoms with Gasteiger partial charge in [0, 0.05) is 6.42 Å². The van der Waals surface area contributed by atoms with Gasteiger partial charge >= 0.3 is 0 Å². The summed E-state index contributed by atoms with van der Waals surface area (Å²) in [5.41, 5.74) is 1.54. The molecule has 0 amide bonds. The Morgan fingerprint density at radius 1 is 1.24 bits per heavy atom. The van der Waals surface area contributed by atoms with Crippen LogP contribution in [0.1, 0.15) is 65.0 Å². The van der Waals surface area contributed by atoms with E-state index >= 15 is 0 Å². The maximum atomic E-state index is 10.7. The number of hydrogen-bond acceptors (Lipinski definition) is 3. The van der Waals surface area contributed by atoms with E-state index in [0.29, 0.717) is 17.4 Å². The third-order valence-electron chi connectivity index (χ3n) is 7.89. The monoisotopic (exact) mass is 344 g/mol. The molecule has 1 aliphatic heterocycles. The third kappa shape index (κ3) is 2.50. The van der Waals surface area contributed by atoms with E-state index in [1.807, 2.05) is 30.3 Å². The van der Waals surface area contributed by atoms with Crippen LogP contribution in [0.2, 0.25) is 0 Å². The van der Waals surface area contributed by atoms with Crippen molar-refractivity contribution in [3.63, 3.8) is 0 Å². The topological polar surface area (TPSA) is 38.7 Å². The van der Waals surface area contributed by atoms with E-state index in [4.69, 9.17) is 9.47 Å². The number of ether oxygens (including phenoxy) is 2. The number of aliphatic hydroxyl groups is 1. The Bertz CT molecular complexity index is 613. The molecule has 2 aliphatic carbocycles. The molecule has 0 unspecified atom stereocenters. The van der Waals surface area contributed by atoms with Crippen molar-refractivity contribution >= 4 is 0 Å². The van der Waals surface area contributed by atoms with Gasteiger partial charge in [0.25, 0.3) is 0 Å². The predicted octanol–water partition coefficient (Wildman–Crippen LogP) is 4.70. The minimum Gasteiger partial charge on any atom is -0.386 e. The second-order valence-corrected chi connectivity index (χ2v) is 9.11. The second-order valence-electron chi connectivity index (χ2n) is 9.11. The maximum Gasteiger partial charge on any atom is 0.158 e. The molecule has 4 rings (SSSR count). The van der Waals surface area contributed by atoms with E-state index < -0.39 is 6.10 Å². The number of fused-ring (bicyclic) bond motifs is 5. The van der Waals surface area contributed by atoms with Crippen molar-refractivity contribution in [1.29, 1.82) is 0 Å². The van der Waals surface area contributed by atoms with Crippen LogP contribution in [0.3, 0.4) is 0 Å². The number of benzene rings is 1. The van der Waals surface area contributed by atoms with Gasteiger partial charge in [0.2, 0.25) is 0 Å². The fraction of sp³-hybridized carbons (Fsp3) is 0.727. The van der Waals surface area contributed by atoms with E-state index in [0.717, 1.165) is 24.3 Å². The zero-order chi connectivity index (χ0) is 17.8. The average molecular weight is 344 g/mol. The lowest BCUT2D eigenvalue weighted by Crippen LogP contribution is -2.38. The SMILES string of the molecule is CC[C@H](O[C@@H]1C[C@H]2[C@H]3CC[C@@](C)([C@H]2O1)C3(C)C)[C@H](O)c1ccccc1. The summed E-state index contributed by atoms with van der Waals surface area (Å²) in [5.74, 6) is 1.36. The highest BCUT2D eigenvalue weighted by Crippen LogP contribution is 2.71. The van der Waals surface area contributed by atoms with Gasteiger partial charge in [0.1, 0.15) is 6.10 Å². The van der Waals surface area contributed by atoms with Crippen LogP contribution in [0.5, 0.6) is 0 Å². The minimum atomic E-state index is -0.598. The first kappa shape index (κ1) is 17.5. The van der Waals surface area contributed by atoms with E-state index in [-0.39, 0.29) is 17.8 Å². The molecule has 1 aromatic rings. The van der Waals surface area contributed by atoms with Crippen LogP contribution in [0.15, 0.2) is 30.3 Å². The zero-order valence-electron chi connectivity index (χ0n) is 15.9. The van der Waals surface area contributed by atoms with Crippen LogP contribution in [0, 0.1) is 22.7 Å². The molecule has 1 heterocycles. The molecule has 25 heavy (non-hydrogen) atoms. The molecular weight excluding hydrogens is 312 g/mol. The molecular formula is C22H32O3. The molecule has 2 bridgehead atoms. The highest BCUT2D eigenvalue weighted by atomic mass is 16.7. The summed E-state index contributed by atoms with van der Waals surface area (Å²) >= 11 is 0. The Morgan fingerprint density at radius 2 is 1.96 bits per heavy atom. The Kier molecular flexibility index (Phi) is 4.25. The van der Waals surface area contributed by atoms with Gasteiger partial charge in [-0.05, 0) is 47.5 Å². The Hall–Kier alpha value is -0.900. The summed E-state index contributed by atoms with van der Waals surface area (Å²) in [6, 6.07) is 9.82. The zero-order valence-corrected chi connectivity index (χ0v) is 15.9. The van der Waals surface area contributed by atoms with Gasteiger partial charge in [0.15, 0.2) is 6.29 Å². The number of hydrogen-bond donors (Lipinski definition) is 1. The summed E-state index contributed by atoms with van der Waals surface area (Å²) in [6.07, 6.45) is 3.67. The standard InChI is InChI=1S/C22H32O3/c1-5-17(19(23)14-9-7-6-8-10-14)24-18-13-15-16-11-12-22(4,20(15)25-18)21(16,2)3/h6-10,15-20,23H,5,11-13H2,1-4H3/t15-,16+,17-,18-,19+,20-,22-/m0/s1. The lowest BCUT2D eigenvalue weighted by Gasteiger charge is -2.39. The Labute approximate surface area is 151 Å². The van der Waals surface area contributed by atoms with Crippen LogP contribution in [0.4, 0.5) is 0 Å². The van der Waals surface area contributed by atoms with E-state index in [9.17, 15) is 5.11 Å². The third-order valence-corrected chi connectivity index (χ3v) is 7.89. The molecule has 3 aliphatic rings. The van der Waals surface area contributed by atoms with Gasteiger partial charge in [-0.2, -0.15) is 0 Å². The summed E-state index contributed by atoms with van der Waals surface area (Å²) < 4.78 is 12.7. The fourth-order valence-electron chi connectivity index (χ4n) is 6.03. The normalized spacial score (nSPS) is 40.8. The summed E-state index contributed by atoms with van der Waals surface area (Å²) in [5, 5.41) is 10.7. The molecule has 0 radical (unpaired) electrons. The maximum absolute atomic E-state index is 10.7. The molecule has 0 spiro atoms. The van der Waals surface area contributed by atoms with Gasteiger partial charge in [-0.15, -0.1) is 0 Å². The van der Waals surface area contributed by atoms with Crippen molar-refractivity contribution in [2.75, 3.05) is 0 Å². The van der Waals surface area contributed by atoms with E-state index in [1.54, 1.807) is 0 Å². The summed E-state index contributed by atoms with van der Waals surface area (Å²) in [6.45, 7) is 9.34. The van der Waals surface area contributed by atoms with Crippen LogP contribution in [0.25, 0.3) is 0 Å². The first-order valence-electron chi connectivity index (χ1n) is 9.92. The van der Waals surface area contributed by atoms with Gasteiger partial charge in [-0.25, -0.2) is 0 Å². The van der Waals surface area contributed by atoms with Crippen molar-refractivity contribution in [3.05, 3.63) is 35.9 Å². The fourth-order valence-corrected chi connectivity index (χ4v) is 6.03. The average Bonchev–Trinajstić information content (AvgIpc) is 3.17. The lowest BCUT2D eigenvalue weighted by molar-refractivity contribution is -0.204. The van der Waals surface area contributed by atoms with Crippen molar-refractivity contribution in [1.82, 2.24) is 0 Å². The summed E-state index contributed by atoms with van der Waals surface area (Å²) in [7, 11) is 0. The van der Waals surface area contributed by atoms with Crippen LogP contribution >= 0.6 is 0 Å². The van der Waals surface area contributed by atoms with Gasteiger partial charge in [-0.3, -0.25) is 0 Å². The molecule has 1 saturated heterocycles. The van der Waals surface area contributed by atoms with Gasteiger partial charge in [-0.1, -0.05) is 58.0 Å². The molecule has 7 atom stereocenters. The first-order chi connectivity index (χ1) is 11.9. The predicted molar refractivity (Wildman–Crippen MR) is 97.9 cm³/mol. The van der Waals surface area contributed by atoms with Crippen molar-refractivity contribution < 1.29 is 14.6 Å². The molecule has 2 saturated carbocycles. The van der Waals surface area contributed by atoms with E-state index in [1.165, 1.54) is 12.8 Å². The van der Waals surface area contributed by atoms with Gasteiger partial charge < -0.3 is 14.6 Å². The number of aliphatic hydroxyl groups excluding tert-OH is 1. The van der Waals surface area contributed by atoms with E-state index in [2.05, 4.69) is 27.7 Å². The highest BCUT2D eigenvalue weighted by molar-refractivity contribution is 5.19. The molecule has 1 N–H and O–H groups in total. The molecule has 3 fully saturated rings. The molecule has 1 aromatic carbocycles. The summed E-state index contributed by atoms with van der Waals surface area (Å²) in [4.78, 5) is 0. The second kappa shape index (κ2) is 6.07. The number of rotatable bonds is 5. The molecule has 0 aromatic heterocycles. The largest absolute Gasteiger partial charge is 0.386 e. The Morgan fingerprint density at radius 3 is 2.60 bits per heavy atom. The minimum absolute atomic E-state index is 0.172. The van der Waals surface area contributed by atoms with Gasteiger partial charge in [0.05, 0.1) is 12.2 Å². The van der Waals surface area contributed by atoms with Crippen molar-refractivity contribution in [3.8, 4) is 0 Å². The van der Waals surface area contributed by atoms with Crippen molar-refractivity contribution in [2.24, 2.45) is 22.7 Å². The molecule has 138 valence electrons. The van der Waals surface area contributed by atoms with Crippen LogP contribution in [-0.2, 0) is 9.47 Å². The van der Waals surface area contributed by atoms with Crippen LogP contribution in [-0.4, -0.2) is 23.6 Å². The van der Waals surface area contributed by atoms with Crippen molar-refractivity contribution in [2.45, 2.75) is 78.0 Å². The lowest BCUT2D eigenvalue weighted by atomic mass is 9.70. The molecule has 3 nitrogen and oxygen atoms in total. The highest BCUT2D eigenvalue weighted by Gasteiger charge is 2.69. The first-order valence-corrected chi connectivity index (χ1v) is 9.92.